The number of urea groups is 1. The molecule has 1 aliphatic heterocycles. The Morgan fingerprint density at radius 2 is 2.00 bits per heavy atom. The van der Waals surface area contributed by atoms with Gasteiger partial charge in [-0.05, 0) is 25.2 Å². The third-order valence-corrected chi connectivity index (χ3v) is 3.81. The van der Waals surface area contributed by atoms with Crippen molar-refractivity contribution in [1.29, 1.82) is 0 Å². The Morgan fingerprint density at radius 3 is 2.52 bits per heavy atom. The van der Waals surface area contributed by atoms with Crippen LogP contribution in [0.25, 0.3) is 0 Å². The van der Waals surface area contributed by atoms with Crippen LogP contribution >= 0.6 is 0 Å². The molecule has 0 saturated carbocycles. The normalized spacial score (nSPS) is 22.9. The van der Waals surface area contributed by atoms with E-state index in [1.54, 1.807) is 0 Å². The molecule has 0 aromatic rings. The van der Waals surface area contributed by atoms with Gasteiger partial charge >= 0.3 is 18.0 Å². The highest BCUT2D eigenvalue weighted by atomic mass is 16.4. The zero-order chi connectivity index (χ0) is 16.0. The molecule has 0 spiro atoms. The fourth-order valence-electron chi connectivity index (χ4n) is 2.49. The van der Waals surface area contributed by atoms with E-state index in [-0.39, 0.29) is 37.8 Å². The minimum absolute atomic E-state index is 0.0561. The number of hydrogen-bond donors (Lipinski definition) is 4. The molecule has 0 bridgehead atoms. The summed E-state index contributed by atoms with van der Waals surface area (Å²) in [4.78, 5) is 35.1. The number of nitrogens with zero attached hydrogens (tertiary/aromatic N) is 1. The molecular weight excluding hydrogens is 280 g/mol. The molecule has 1 heterocycles. The van der Waals surface area contributed by atoms with Crippen LogP contribution in [-0.2, 0) is 9.59 Å². The predicted molar refractivity (Wildman–Crippen MR) is 72.8 cm³/mol. The monoisotopic (exact) mass is 302 g/mol. The first-order valence-electron chi connectivity index (χ1n) is 6.99. The molecule has 0 radical (unpaired) electrons. The Kier molecular flexibility index (Phi) is 6.41. The van der Waals surface area contributed by atoms with Crippen LogP contribution < -0.4 is 5.32 Å². The van der Waals surface area contributed by atoms with Crippen molar-refractivity contribution in [3.8, 4) is 0 Å². The van der Waals surface area contributed by atoms with Gasteiger partial charge in [0, 0.05) is 13.0 Å². The third-order valence-electron chi connectivity index (χ3n) is 3.81. The molecule has 120 valence electrons. The Morgan fingerprint density at radius 1 is 1.33 bits per heavy atom. The summed E-state index contributed by atoms with van der Waals surface area (Å²) in [5, 5.41) is 29.3. The summed E-state index contributed by atoms with van der Waals surface area (Å²) in [5.74, 6) is -2.03. The highest BCUT2D eigenvalue weighted by Gasteiger charge is 2.35. The molecule has 0 aromatic carbocycles. The maximum absolute atomic E-state index is 12.1. The second kappa shape index (κ2) is 7.82. The lowest BCUT2D eigenvalue weighted by atomic mass is 10.0. The van der Waals surface area contributed by atoms with Gasteiger partial charge in [-0.1, -0.05) is 6.92 Å². The number of aliphatic hydroxyl groups excluding tert-OH is 1. The first kappa shape index (κ1) is 17.2. The van der Waals surface area contributed by atoms with Gasteiger partial charge in [0.2, 0.25) is 0 Å². The number of amides is 2. The van der Waals surface area contributed by atoms with E-state index in [2.05, 4.69) is 5.32 Å². The van der Waals surface area contributed by atoms with Crippen LogP contribution in [0.3, 0.4) is 0 Å². The van der Waals surface area contributed by atoms with Crippen molar-refractivity contribution in [1.82, 2.24) is 10.2 Å². The van der Waals surface area contributed by atoms with Crippen molar-refractivity contribution in [2.45, 2.75) is 44.7 Å². The summed E-state index contributed by atoms with van der Waals surface area (Å²) in [6.45, 7) is 2.24. The lowest BCUT2D eigenvalue weighted by Crippen LogP contribution is -2.50. The quantitative estimate of drug-likeness (QED) is 0.528. The highest BCUT2D eigenvalue weighted by Crippen LogP contribution is 2.23. The number of nitrogens with one attached hydrogen (secondary N) is 1. The Labute approximate surface area is 122 Å². The lowest BCUT2D eigenvalue weighted by molar-refractivity contribution is -0.140. The largest absolute Gasteiger partial charge is 0.481 e. The summed E-state index contributed by atoms with van der Waals surface area (Å²) in [7, 11) is 0. The molecule has 1 aliphatic rings. The molecule has 21 heavy (non-hydrogen) atoms. The second-order valence-electron chi connectivity index (χ2n) is 5.34. The molecule has 8 heteroatoms. The van der Waals surface area contributed by atoms with Crippen molar-refractivity contribution >= 4 is 18.0 Å². The maximum atomic E-state index is 12.1. The summed E-state index contributed by atoms with van der Waals surface area (Å²) < 4.78 is 0. The molecule has 1 rings (SSSR count). The van der Waals surface area contributed by atoms with Crippen molar-refractivity contribution in [2.75, 3.05) is 13.2 Å². The van der Waals surface area contributed by atoms with Gasteiger partial charge in [0.25, 0.3) is 0 Å². The van der Waals surface area contributed by atoms with Gasteiger partial charge in [0.1, 0.15) is 6.04 Å². The molecule has 1 fully saturated rings. The first-order chi connectivity index (χ1) is 9.86. The topological polar surface area (TPSA) is 127 Å². The predicted octanol–water partition coefficient (Wildman–Crippen LogP) is 0.107. The van der Waals surface area contributed by atoms with Crippen LogP contribution in [0.5, 0.6) is 0 Å². The average Bonchev–Trinajstić information content (AvgIpc) is 2.77. The number of aliphatic hydroxyl groups is 1. The van der Waals surface area contributed by atoms with Crippen LogP contribution in [0.1, 0.15) is 32.6 Å². The smallest absolute Gasteiger partial charge is 0.326 e. The second-order valence-corrected chi connectivity index (χ2v) is 5.34. The fourth-order valence-corrected chi connectivity index (χ4v) is 2.49. The summed E-state index contributed by atoms with van der Waals surface area (Å²) >= 11 is 0. The zero-order valence-corrected chi connectivity index (χ0v) is 12.0. The van der Waals surface area contributed by atoms with E-state index in [1.807, 2.05) is 6.92 Å². The summed E-state index contributed by atoms with van der Waals surface area (Å²) in [6, 6.07) is -1.95. The molecule has 1 saturated heterocycles. The summed E-state index contributed by atoms with van der Waals surface area (Å²) in [6.07, 6.45) is 0.849. The molecule has 8 nitrogen and oxygen atoms in total. The van der Waals surface area contributed by atoms with Crippen LogP contribution in [0.4, 0.5) is 4.79 Å². The molecule has 0 aliphatic carbocycles. The van der Waals surface area contributed by atoms with Gasteiger partial charge in [-0.2, -0.15) is 0 Å². The average molecular weight is 302 g/mol. The van der Waals surface area contributed by atoms with Gasteiger partial charge in [-0.15, -0.1) is 0 Å². The first-order valence-corrected chi connectivity index (χ1v) is 6.99. The number of carboxylic acid groups (broad SMARTS) is 2. The van der Waals surface area contributed by atoms with E-state index in [4.69, 9.17) is 10.2 Å². The number of carbonyl (C=O) groups excluding carboxylic acids is 1. The molecule has 4 N–H and O–H groups in total. The fraction of sp³-hybridized carbons (Fsp3) is 0.769. The van der Waals surface area contributed by atoms with Crippen LogP contribution in [0.15, 0.2) is 0 Å². The van der Waals surface area contributed by atoms with E-state index < -0.39 is 24.0 Å². The van der Waals surface area contributed by atoms with Crippen LogP contribution in [-0.4, -0.2) is 63.4 Å². The van der Waals surface area contributed by atoms with Crippen molar-refractivity contribution in [2.24, 2.45) is 5.92 Å². The molecular formula is C13H22N2O6. The lowest BCUT2D eigenvalue weighted by Gasteiger charge is -2.27. The van der Waals surface area contributed by atoms with Crippen LogP contribution in [0.2, 0.25) is 0 Å². The third kappa shape index (κ3) is 4.89. The minimum Gasteiger partial charge on any atom is -0.481 e. The molecule has 3 atom stereocenters. The number of carbonyl (C=O) groups is 3. The van der Waals surface area contributed by atoms with Gasteiger partial charge in [-0.25, -0.2) is 9.59 Å². The van der Waals surface area contributed by atoms with E-state index >= 15 is 0 Å². The number of carboxylic acids is 2. The standard InChI is InChI=1S/C13H22N2O6/c1-8-5-6-15(10(8)7-16)13(21)14-9(12(19)20)3-2-4-11(17)18/h8-10,16H,2-7H2,1H3,(H,14,21)(H,17,18)(H,19,20)/t8?,9-,10?/m1/s1. The molecule has 2 amide bonds. The number of likely N-dealkylation sites (tertiary alicyclic amines) is 1. The maximum Gasteiger partial charge on any atom is 0.326 e. The Hall–Kier alpha value is -1.83. The van der Waals surface area contributed by atoms with E-state index in [0.29, 0.717) is 6.54 Å². The van der Waals surface area contributed by atoms with Crippen molar-refractivity contribution < 1.29 is 29.7 Å². The minimum atomic E-state index is -1.19. The number of rotatable bonds is 7. The van der Waals surface area contributed by atoms with Gasteiger partial charge < -0.3 is 25.5 Å². The Balaban J connectivity index is 2.56. The van der Waals surface area contributed by atoms with Gasteiger partial charge in [-0.3, -0.25) is 4.79 Å². The van der Waals surface area contributed by atoms with Crippen molar-refractivity contribution in [3.05, 3.63) is 0 Å². The SMILES string of the molecule is CC1CCN(C(=O)N[C@H](CCCC(=O)O)C(=O)O)C1CO. The van der Waals surface area contributed by atoms with Crippen LogP contribution in [0, 0.1) is 5.92 Å². The Bertz CT molecular complexity index is 400. The summed E-state index contributed by atoms with van der Waals surface area (Å²) in [5.41, 5.74) is 0. The molecule has 2 unspecified atom stereocenters. The van der Waals surface area contributed by atoms with E-state index in [1.165, 1.54) is 4.90 Å². The molecule has 0 aromatic heterocycles. The van der Waals surface area contributed by atoms with E-state index in [9.17, 15) is 19.5 Å². The zero-order valence-electron chi connectivity index (χ0n) is 12.0. The van der Waals surface area contributed by atoms with Crippen molar-refractivity contribution in [3.63, 3.8) is 0 Å². The van der Waals surface area contributed by atoms with Gasteiger partial charge in [0.05, 0.1) is 12.6 Å². The van der Waals surface area contributed by atoms with Gasteiger partial charge in [0.15, 0.2) is 0 Å². The number of hydrogen-bond acceptors (Lipinski definition) is 4. The number of aliphatic carboxylic acids is 2. The van der Waals surface area contributed by atoms with E-state index in [0.717, 1.165) is 6.42 Å². The highest BCUT2D eigenvalue weighted by molar-refractivity contribution is 5.83.